The molecular weight excluding hydrogens is 320 g/mol. The largest absolute Gasteiger partial charge is 0.347 e. The molecule has 0 amide bonds. The van der Waals surface area contributed by atoms with Crippen LogP contribution < -0.4 is 0 Å². The maximum atomic E-state index is 5.98. The van der Waals surface area contributed by atoms with Crippen molar-refractivity contribution in [3.05, 3.63) is 35.1 Å². The molecule has 0 saturated heterocycles. The molecule has 3 rings (SSSR count). The quantitative estimate of drug-likeness (QED) is 0.629. The molecule has 0 unspecified atom stereocenters. The summed E-state index contributed by atoms with van der Waals surface area (Å²) >= 11 is 7.63. The van der Waals surface area contributed by atoms with Gasteiger partial charge in [-0.05, 0) is 37.3 Å². The number of nitrogens with zero attached hydrogens (tertiary/aromatic N) is 4. The van der Waals surface area contributed by atoms with Gasteiger partial charge in [-0.2, -0.15) is 4.98 Å². The van der Waals surface area contributed by atoms with Gasteiger partial charge in [0.15, 0.2) is 11.0 Å². The molecule has 116 valence electrons. The fraction of sp³-hybridized carbons (Fsp3) is 0.400. The van der Waals surface area contributed by atoms with Crippen molar-refractivity contribution in [2.45, 2.75) is 25.4 Å². The van der Waals surface area contributed by atoms with Crippen LogP contribution in [-0.2, 0) is 6.54 Å². The third kappa shape index (κ3) is 3.81. The number of thioether (sulfide) groups is 1. The van der Waals surface area contributed by atoms with Crippen molar-refractivity contribution in [3.63, 3.8) is 0 Å². The van der Waals surface area contributed by atoms with Gasteiger partial charge < -0.3 is 9.42 Å². The van der Waals surface area contributed by atoms with Crippen LogP contribution in [0.1, 0.15) is 18.7 Å². The minimum absolute atomic E-state index is 0.482. The van der Waals surface area contributed by atoms with Crippen molar-refractivity contribution in [3.8, 4) is 11.5 Å². The van der Waals surface area contributed by atoms with Gasteiger partial charge in [0.2, 0.25) is 0 Å². The summed E-state index contributed by atoms with van der Waals surface area (Å²) in [6.07, 6.45) is 4.42. The fourth-order valence-corrected chi connectivity index (χ4v) is 2.82. The second-order valence-electron chi connectivity index (χ2n) is 5.23. The van der Waals surface area contributed by atoms with Gasteiger partial charge in [-0.1, -0.05) is 34.6 Å². The van der Waals surface area contributed by atoms with Gasteiger partial charge in [0, 0.05) is 17.6 Å². The van der Waals surface area contributed by atoms with E-state index in [-0.39, 0.29) is 0 Å². The normalized spacial score (nSPS) is 15.1. The number of aromatic nitrogens is 2. The average Bonchev–Trinajstić information content (AvgIpc) is 3.21. The number of rotatable bonds is 4. The molecule has 1 heterocycles. The molecule has 1 aromatic heterocycles. The van der Waals surface area contributed by atoms with Crippen molar-refractivity contribution in [1.82, 2.24) is 15.0 Å². The lowest BCUT2D eigenvalue weighted by molar-refractivity contribution is 0.404. The molecule has 0 N–H and O–H groups in total. The van der Waals surface area contributed by atoms with Crippen LogP contribution in [0.3, 0.4) is 0 Å². The molecule has 1 aromatic carbocycles. The molecule has 1 aliphatic carbocycles. The van der Waals surface area contributed by atoms with E-state index in [1.54, 1.807) is 11.8 Å². The van der Waals surface area contributed by atoms with E-state index in [0.717, 1.165) is 10.7 Å². The zero-order valence-electron chi connectivity index (χ0n) is 12.5. The summed E-state index contributed by atoms with van der Waals surface area (Å²) in [6, 6.07) is 7.88. The Morgan fingerprint density at radius 1 is 1.50 bits per heavy atom. The Kier molecular flexibility index (Phi) is 4.69. The molecule has 0 bridgehead atoms. The predicted octanol–water partition coefficient (Wildman–Crippen LogP) is 3.70. The molecule has 0 atom stereocenters. The van der Waals surface area contributed by atoms with E-state index in [1.165, 1.54) is 12.8 Å². The molecular formula is C15H17ClN4OS. The molecule has 22 heavy (non-hydrogen) atoms. The molecule has 0 spiro atoms. The van der Waals surface area contributed by atoms with Crippen molar-refractivity contribution >= 4 is 28.5 Å². The van der Waals surface area contributed by atoms with Crippen LogP contribution in [0.2, 0.25) is 5.02 Å². The minimum Gasteiger partial charge on any atom is -0.347 e. The number of amidine groups is 1. The average molecular weight is 337 g/mol. The molecule has 2 aromatic rings. The molecule has 0 aliphatic heterocycles. The van der Waals surface area contributed by atoms with Crippen LogP contribution in [0.4, 0.5) is 0 Å². The first kappa shape index (κ1) is 15.4. The lowest BCUT2D eigenvalue weighted by Gasteiger charge is -2.17. The Labute approximate surface area is 138 Å². The highest BCUT2D eigenvalue weighted by Crippen LogP contribution is 2.26. The van der Waals surface area contributed by atoms with Crippen molar-refractivity contribution in [2.75, 3.05) is 13.3 Å². The fourth-order valence-electron chi connectivity index (χ4n) is 2.00. The van der Waals surface area contributed by atoms with Crippen LogP contribution >= 0.6 is 23.4 Å². The highest BCUT2D eigenvalue weighted by atomic mass is 35.5. The first-order chi connectivity index (χ1) is 10.7. The van der Waals surface area contributed by atoms with Gasteiger partial charge in [-0.25, -0.2) is 0 Å². The molecule has 7 heteroatoms. The van der Waals surface area contributed by atoms with E-state index < -0.39 is 0 Å². The number of hydrogen-bond donors (Lipinski definition) is 0. The number of aliphatic imine (C=N–C) groups is 1. The molecule has 5 nitrogen and oxygen atoms in total. The minimum atomic E-state index is 0.482. The topological polar surface area (TPSA) is 54.5 Å². The van der Waals surface area contributed by atoms with Crippen molar-refractivity contribution in [1.29, 1.82) is 0 Å². The summed E-state index contributed by atoms with van der Waals surface area (Å²) in [5.74, 6) is 1.12. The van der Waals surface area contributed by atoms with Crippen molar-refractivity contribution < 1.29 is 4.52 Å². The monoisotopic (exact) mass is 336 g/mol. The summed E-state index contributed by atoms with van der Waals surface area (Å²) < 4.78 is 5.32. The SMILES string of the molecule is CSC(=NC1CC1)N(C)Cc1noc(-c2cccc(Cl)c2)n1. The zero-order chi connectivity index (χ0) is 15.5. The molecule has 1 aliphatic rings. The molecule has 0 radical (unpaired) electrons. The van der Waals surface area contributed by atoms with Crippen LogP contribution in [0.15, 0.2) is 33.8 Å². The van der Waals surface area contributed by atoms with Gasteiger partial charge in [0.1, 0.15) is 0 Å². The summed E-state index contributed by atoms with van der Waals surface area (Å²) in [5, 5.41) is 5.70. The zero-order valence-corrected chi connectivity index (χ0v) is 14.1. The Bertz CT molecular complexity index is 684. The van der Waals surface area contributed by atoms with E-state index in [9.17, 15) is 0 Å². The number of benzene rings is 1. The Hall–Kier alpha value is -1.53. The summed E-state index contributed by atoms with van der Waals surface area (Å²) in [7, 11) is 1.99. The van der Waals surface area contributed by atoms with E-state index in [4.69, 9.17) is 16.1 Å². The van der Waals surface area contributed by atoms with Crippen LogP contribution in [0.5, 0.6) is 0 Å². The van der Waals surface area contributed by atoms with Gasteiger partial charge in [0.05, 0.1) is 12.6 Å². The second-order valence-corrected chi connectivity index (χ2v) is 6.44. The molecule has 1 fully saturated rings. The van der Waals surface area contributed by atoms with Crippen LogP contribution in [0.25, 0.3) is 11.5 Å². The van der Waals surface area contributed by atoms with E-state index >= 15 is 0 Å². The smallest absolute Gasteiger partial charge is 0.258 e. The maximum Gasteiger partial charge on any atom is 0.258 e. The first-order valence-electron chi connectivity index (χ1n) is 7.07. The summed E-state index contributed by atoms with van der Waals surface area (Å²) in [4.78, 5) is 11.2. The highest BCUT2D eigenvalue weighted by Gasteiger charge is 2.22. The van der Waals surface area contributed by atoms with Crippen LogP contribution in [0, 0.1) is 0 Å². The maximum absolute atomic E-state index is 5.98. The third-order valence-electron chi connectivity index (χ3n) is 3.27. The van der Waals surface area contributed by atoms with Gasteiger partial charge in [0.25, 0.3) is 5.89 Å². The van der Waals surface area contributed by atoms with E-state index in [2.05, 4.69) is 20.0 Å². The third-order valence-corrected chi connectivity index (χ3v) is 4.28. The summed E-state index contributed by atoms with van der Waals surface area (Å²) in [6.45, 7) is 0.566. The summed E-state index contributed by atoms with van der Waals surface area (Å²) in [5.41, 5.74) is 0.825. The Morgan fingerprint density at radius 3 is 3.00 bits per heavy atom. The lowest BCUT2D eigenvalue weighted by atomic mass is 10.2. The number of halogens is 1. The van der Waals surface area contributed by atoms with E-state index in [1.807, 2.05) is 37.6 Å². The van der Waals surface area contributed by atoms with Crippen molar-refractivity contribution in [2.24, 2.45) is 4.99 Å². The Balaban J connectivity index is 1.71. The van der Waals surface area contributed by atoms with Crippen LogP contribution in [-0.4, -0.2) is 39.6 Å². The second kappa shape index (κ2) is 6.71. The standard InChI is InChI=1S/C15H17ClN4OS/c1-20(15(22-2)17-12-6-7-12)9-13-18-14(21-19-13)10-4-3-5-11(16)8-10/h3-5,8,12H,6-7,9H2,1-2H3. The van der Waals surface area contributed by atoms with Gasteiger partial charge in [-0.3, -0.25) is 4.99 Å². The Morgan fingerprint density at radius 2 is 2.32 bits per heavy atom. The number of hydrogen-bond acceptors (Lipinski definition) is 5. The molecule has 1 saturated carbocycles. The van der Waals surface area contributed by atoms with Gasteiger partial charge in [-0.15, -0.1) is 0 Å². The highest BCUT2D eigenvalue weighted by molar-refractivity contribution is 8.13. The first-order valence-corrected chi connectivity index (χ1v) is 8.67. The van der Waals surface area contributed by atoms with E-state index in [0.29, 0.717) is 29.3 Å². The lowest BCUT2D eigenvalue weighted by Crippen LogP contribution is -2.24. The predicted molar refractivity (Wildman–Crippen MR) is 90.2 cm³/mol. The van der Waals surface area contributed by atoms with Gasteiger partial charge >= 0.3 is 0 Å².